The van der Waals surface area contributed by atoms with Crippen LogP contribution in [0.4, 0.5) is 0 Å². The summed E-state index contributed by atoms with van der Waals surface area (Å²) in [4.78, 5) is 12.0. The molecule has 2 saturated carbocycles. The van der Waals surface area contributed by atoms with E-state index in [2.05, 4.69) is 0 Å². The lowest BCUT2D eigenvalue weighted by molar-refractivity contribution is -0.103. The summed E-state index contributed by atoms with van der Waals surface area (Å²) in [6, 6.07) is 7.35. The molecule has 2 bridgehead atoms. The summed E-state index contributed by atoms with van der Waals surface area (Å²) in [5, 5.41) is 0. The number of cyclic esters (lactones) is 1. The highest BCUT2D eigenvalue weighted by molar-refractivity contribution is 5.93. The van der Waals surface area contributed by atoms with Gasteiger partial charge in [0.25, 0.3) is 0 Å². The molecule has 1 aromatic carbocycles. The van der Waals surface area contributed by atoms with Crippen LogP contribution in [0.3, 0.4) is 0 Å². The maximum absolute atomic E-state index is 12.0. The largest absolute Gasteiger partial charge is 0.454 e. The van der Waals surface area contributed by atoms with Crippen LogP contribution in [0, 0.1) is 17.8 Å². The van der Waals surface area contributed by atoms with Crippen LogP contribution >= 0.6 is 0 Å². The smallest absolute Gasteiger partial charge is 0.345 e. The highest BCUT2D eigenvalue weighted by Crippen LogP contribution is 2.51. The van der Waals surface area contributed by atoms with E-state index < -0.39 is 0 Å². The van der Waals surface area contributed by atoms with Gasteiger partial charge in [-0.25, -0.2) is 4.79 Å². The van der Waals surface area contributed by atoms with Crippen LogP contribution in [0.15, 0.2) is 24.3 Å². The fourth-order valence-electron chi connectivity index (χ4n) is 3.86. The summed E-state index contributed by atoms with van der Waals surface area (Å²) in [6.07, 6.45) is 4.71. The van der Waals surface area contributed by atoms with Gasteiger partial charge >= 0.3 is 5.97 Å². The summed E-state index contributed by atoms with van der Waals surface area (Å²) < 4.78 is 11.4. The second-order valence-corrected chi connectivity index (χ2v) is 5.73. The number of benzene rings is 1. The van der Waals surface area contributed by atoms with Crippen molar-refractivity contribution in [1.29, 1.82) is 0 Å². The van der Waals surface area contributed by atoms with Gasteiger partial charge in [0.15, 0.2) is 0 Å². The van der Waals surface area contributed by atoms with Crippen LogP contribution in [0.5, 0.6) is 5.75 Å². The maximum Gasteiger partial charge on any atom is 0.345 e. The molecule has 1 aliphatic heterocycles. The van der Waals surface area contributed by atoms with E-state index in [0.717, 1.165) is 12.3 Å². The highest BCUT2D eigenvalue weighted by atomic mass is 16.7. The van der Waals surface area contributed by atoms with E-state index in [9.17, 15) is 4.79 Å². The summed E-state index contributed by atoms with van der Waals surface area (Å²) in [5.41, 5.74) is 0.553. The van der Waals surface area contributed by atoms with E-state index in [1.807, 2.05) is 18.2 Å². The minimum atomic E-state index is -0.359. The van der Waals surface area contributed by atoms with Gasteiger partial charge in [0.1, 0.15) is 11.3 Å². The monoisotopic (exact) mass is 244 g/mol. The van der Waals surface area contributed by atoms with E-state index in [1.165, 1.54) is 19.3 Å². The molecule has 0 N–H and O–H groups in total. The predicted octanol–water partition coefficient (Wildman–Crippen LogP) is 3.00. The summed E-state index contributed by atoms with van der Waals surface area (Å²) >= 11 is 0. The molecule has 94 valence electrons. The van der Waals surface area contributed by atoms with Crippen LogP contribution in [0.1, 0.15) is 36.0 Å². The average Bonchev–Trinajstić information content (AvgIpc) is 3.01. The molecule has 0 amide bonds. The zero-order chi connectivity index (χ0) is 12.1. The molecular formula is C15H16O3. The minimum absolute atomic E-state index is 0.232. The zero-order valence-corrected chi connectivity index (χ0v) is 10.2. The Bertz CT molecular complexity index is 496. The van der Waals surface area contributed by atoms with Crippen molar-refractivity contribution in [1.82, 2.24) is 0 Å². The Kier molecular flexibility index (Phi) is 2.16. The fourth-order valence-corrected chi connectivity index (χ4v) is 3.86. The number of esters is 1. The Labute approximate surface area is 106 Å². The number of rotatable bonds is 1. The first-order valence-electron chi connectivity index (χ1n) is 6.78. The number of hydrogen-bond acceptors (Lipinski definition) is 3. The SMILES string of the molecule is O=C1OC(C2CC3CCC2C3)Oc2ccccc21. The van der Waals surface area contributed by atoms with E-state index in [0.29, 0.717) is 23.1 Å². The number of para-hydroxylation sites is 1. The van der Waals surface area contributed by atoms with E-state index in [1.54, 1.807) is 6.07 Å². The van der Waals surface area contributed by atoms with Crippen molar-refractivity contribution in [3.8, 4) is 5.75 Å². The Morgan fingerprint density at radius 2 is 1.94 bits per heavy atom. The van der Waals surface area contributed by atoms with Crippen LogP contribution in [0.2, 0.25) is 0 Å². The molecule has 4 unspecified atom stereocenters. The third kappa shape index (κ3) is 1.46. The van der Waals surface area contributed by atoms with Crippen LogP contribution < -0.4 is 4.74 Å². The van der Waals surface area contributed by atoms with Crippen molar-refractivity contribution >= 4 is 5.97 Å². The molecule has 2 fully saturated rings. The first kappa shape index (κ1) is 10.4. The van der Waals surface area contributed by atoms with Gasteiger partial charge in [-0.05, 0) is 43.2 Å². The molecule has 1 heterocycles. The molecule has 0 spiro atoms. The molecule has 3 aliphatic rings. The third-order valence-corrected chi connectivity index (χ3v) is 4.72. The topological polar surface area (TPSA) is 35.5 Å². The normalized spacial score (nSPS) is 37.0. The van der Waals surface area contributed by atoms with Crippen molar-refractivity contribution in [2.75, 3.05) is 0 Å². The van der Waals surface area contributed by atoms with E-state index >= 15 is 0 Å². The van der Waals surface area contributed by atoms with Gasteiger partial charge in [0.05, 0.1) is 0 Å². The third-order valence-electron chi connectivity index (χ3n) is 4.72. The van der Waals surface area contributed by atoms with E-state index in [-0.39, 0.29) is 12.3 Å². The molecule has 1 aromatic rings. The van der Waals surface area contributed by atoms with Crippen molar-refractivity contribution in [3.63, 3.8) is 0 Å². The standard InChI is InChI=1S/C15H16O3/c16-14-11-3-1-2-4-13(11)17-15(18-14)12-8-9-5-6-10(12)7-9/h1-4,9-10,12,15H,5-8H2. The van der Waals surface area contributed by atoms with Gasteiger partial charge in [-0.2, -0.15) is 0 Å². The van der Waals surface area contributed by atoms with Gasteiger partial charge < -0.3 is 9.47 Å². The fraction of sp³-hybridized carbons (Fsp3) is 0.533. The van der Waals surface area contributed by atoms with Gasteiger partial charge in [0.2, 0.25) is 6.29 Å². The molecule has 0 aromatic heterocycles. The summed E-state index contributed by atoms with van der Waals surface area (Å²) in [7, 11) is 0. The predicted molar refractivity (Wildman–Crippen MR) is 65.2 cm³/mol. The highest BCUT2D eigenvalue weighted by Gasteiger charge is 2.47. The lowest BCUT2D eigenvalue weighted by Crippen LogP contribution is -2.38. The van der Waals surface area contributed by atoms with Gasteiger partial charge in [0, 0.05) is 5.92 Å². The Morgan fingerprint density at radius 1 is 1.06 bits per heavy atom. The van der Waals surface area contributed by atoms with Crippen LogP contribution in [-0.2, 0) is 4.74 Å². The maximum atomic E-state index is 12.0. The number of carbonyl (C=O) groups is 1. The molecule has 0 radical (unpaired) electrons. The Balaban J connectivity index is 1.61. The van der Waals surface area contributed by atoms with Crippen molar-refractivity contribution in [2.24, 2.45) is 17.8 Å². The van der Waals surface area contributed by atoms with Gasteiger partial charge in [-0.1, -0.05) is 18.6 Å². The van der Waals surface area contributed by atoms with Crippen LogP contribution in [-0.4, -0.2) is 12.3 Å². The quantitative estimate of drug-likeness (QED) is 0.712. The Hall–Kier alpha value is -1.51. The van der Waals surface area contributed by atoms with Crippen LogP contribution in [0.25, 0.3) is 0 Å². The number of fused-ring (bicyclic) bond motifs is 3. The zero-order valence-electron chi connectivity index (χ0n) is 10.2. The molecule has 3 heteroatoms. The lowest BCUT2D eigenvalue weighted by Gasteiger charge is -2.33. The number of hydrogen-bond donors (Lipinski definition) is 0. The summed E-state index contributed by atoms with van der Waals surface area (Å²) in [6.45, 7) is 0. The van der Waals surface area contributed by atoms with Gasteiger partial charge in [-0.15, -0.1) is 0 Å². The Morgan fingerprint density at radius 3 is 2.72 bits per heavy atom. The van der Waals surface area contributed by atoms with Gasteiger partial charge in [-0.3, -0.25) is 0 Å². The second-order valence-electron chi connectivity index (χ2n) is 5.73. The molecule has 18 heavy (non-hydrogen) atoms. The lowest BCUT2D eigenvalue weighted by atomic mass is 9.88. The molecule has 3 nitrogen and oxygen atoms in total. The first-order valence-corrected chi connectivity index (χ1v) is 6.78. The second kappa shape index (κ2) is 3.74. The first-order chi connectivity index (χ1) is 8.81. The van der Waals surface area contributed by atoms with Crippen molar-refractivity contribution in [3.05, 3.63) is 29.8 Å². The molecule has 4 rings (SSSR count). The average molecular weight is 244 g/mol. The minimum Gasteiger partial charge on any atom is -0.454 e. The van der Waals surface area contributed by atoms with Crippen molar-refractivity contribution < 1.29 is 14.3 Å². The van der Waals surface area contributed by atoms with E-state index in [4.69, 9.17) is 9.47 Å². The molecule has 0 saturated heterocycles. The molecule has 2 aliphatic carbocycles. The number of carbonyl (C=O) groups excluding carboxylic acids is 1. The molecular weight excluding hydrogens is 228 g/mol. The van der Waals surface area contributed by atoms with Crippen molar-refractivity contribution in [2.45, 2.75) is 32.0 Å². The summed E-state index contributed by atoms with van der Waals surface area (Å²) in [5.74, 6) is 2.38. The molecule has 4 atom stereocenters. The number of ether oxygens (including phenoxy) is 2.